The van der Waals surface area contributed by atoms with Crippen LogP contribution in [0, 0.1) is 0 Å². The Bertz CT molecular complexity index is 567. The van der Waals surface area contributed by atoms with Crippen LogP contribution in [0.2, 0.25) is 0 Å². The molecule has 0 aliphatic rings. The van der Waals surface area contributed by atoms with Gasteiger partial charge >= 0.3 is 0 Å². The van der Waals surface area contributed by atoms with Crippen molar-refractivity contribution in [3.8, 4) is 5.75 Å². The number of guanidine groups is 1. The van der Waals surface area contributed by atoms with E-state index in [-0.39, 0.29) is 0 Å². The van der Waals surface area contributed by atoms with Crippen LogP contribution in [0.3, 0.4) is 0 Å². The number of aliphatic imine (C=N–C) groups is 1. The average Bonchev–Trinajstić information content (AvgIpc) is 2.78. The molecule has 0 aromatic heterocycles. The van der Waals surface area contributed by atoms with Crippen molar-refractivity contribution in [3.05, 3.63) is 29.8 Å². The van der Waals surface area contributed by atoms with E-state index in [0.717, 1.165) is 70.6 Å². The third-order valence-electron chi connectivity index (χ3n) is 5.57. The van der Waals surface area contributed by atoms with Gasteiger partial charge in [-0.25, -0.2) is 0 Å². The highest BCUT2D eigenvalue weighted by Gasteiger charge is 2.07. The van der Waals surface area contributed by atoms with Gasteiger partial charge in [0.15, 0.2) is 5.96 Å². The van der Waals surface area contributed by atoms with Gasteiger partial charge in [0.1, 0.15) is 12.4 Å². The lowest BCUT2D eigenvalue weighted by Crippen LogP contribution is -2.42. The molecule has 1 aromatic rings. The van der Waals surface area contributed by atoms with Crippen LogP contribution in [0.5, 0.6) is 5.75 Å². The van der Waals surface area contributed by atoms with Crippen LogP contribution in [0.1, 0.15) is 53.0 Å². The van der Waals surface area contributed by atoms with Gasteiger partial charge in [0.25, 0.3) is 0 Å². The van der Waals surface area contributed by atoms with Gasteiger partial charge < -0.3 is 25.2 Å². The molecular formula is C24H45N5O. The third kappa shape index (κ3) is 10.8. The maximum atomic E-state index is 5.86. The summed E-state index contributed by atoms with van der Waals surface area (Å²) in [6.45, 7) is 19.0. The zero-order valence-corrected chi connectivity index (χ0v) is 20.2. The second-order valence-corrected chi connectivity index (χ2v) is 7.66. The van der Waals surface area contributed by atoms with Gasteiger partial charge in [-0.1, -0.05) is 39.8 Å². The van der Waals surface area contributed by atoms with E-state index in [0.29, 0.717) is 6.04 Å². The fourth-order valence-electron chi connectivity index (χ4n) is 3.38. The summed E-state index contributed by atoms with van der Waals surface area (Å²) >= 11 is 0. The summed E-state index contributed by atoms with van der Waals surface area (Å²) in [4.78, 5) is 9.20. The lowest BCUT2D eigenvalue weighted by Gasteiger charge is -2.21. The summed E-state index contributed by atoms with van der Waals surface area (Å²) in [5.41, 5.74) is 1.21. The highest BCUT2D eigenvalue weighted by Crippen LogP contribution is 2.12. The fraction of sp³-hybridized carbons (Fsp3) is 0.708. The molecule has 172 valence electrons. The van der Waals surface area contributed by atoms with E-state index in [9.17, 15) is 0 Å². The number of hydrogen-bond acceptors (Lipinski definition) is 4. The van der Waals surface area contributed by atoms with Gasteiger partial charge in [-0.15, -0.1) is 0 Å². The van der Waals surface area contributed by atoms with Crippen LogP contribution in [-0.2, 0) is 6.54 Å². The number of likely N-dealkylation sites (N-methyl/N-ethyl adjacent to an activating group) is 1. The summed E-state index contributed by atoms with van der Waals surface area (Å²) in [7, 11) is 1.82. The zero-order valence-electron chi connectivity index (χ0n) is 20.2. The van der Waals surface area contributed by atoms with Crippen LogP contribution >= 0.6 is 0 Å². The van der Waals surface area contributed by atoms with Crippen molar-refractivity contribution in [3.63, 3.8) is 0 Å². The van der Waals surface area contributed by atoms with Crippen LogP contribution in [0.25, 0.3) is 0 Å². The molecule has 0 spiro atoms. The van der Waals surface area contributed by atoms with E-state index in [1.165, 1.54) is 12.0 Å². The Morgan fingerprint density at radius 2 is 1.57 bits per heavy atom. The molecule has 1 aromatic carbocycles. The lowest BCUT2D eigenvalue weighted by atomic mass is 10.2. The Morgan fingerprint density at radius 1 is 0.967 bits per heavy atom. The summed E-state index contributed by atoms with van der Waals surface area (Å²) in [5.74, 6) is 1.78. The van der Waals surface area contributed by atoms with Crippen molar-refractivity contribution in [2.24, 2.45) is 4.99 Å². The van der Waals surface area contributed by atoms with Crippen LogP contribution < -0.4 is 15.4 Å². The maximum absolute atomic E-state index is 5.86. The Kier molecular flexibility index (Phi) is 14.0. The topological polar surface area (TPSA) is 52.1 Å². The van der Waals surface area contributed by atoms with Crippen LogP contribution in [-0.4, -0.2) is 74.7 Å². The predicted molar refractivity (Wildman–Crippen MR) is 130 cm³/mol. The second kappa shape index (κ2) is 16.0. The predicted octanol–water partition coefficient (Wildman–Crippen LogP) is 3.58. The Balaban J connectivity index is 2.33. The molecule has 0 amide bonds. The molecule has 0 heterocycles. The summed E-state index contributed by atoms with van der Waals surface area (Å²) in [5, 5.41) is 6.91. The molecule has 6 nitrogen and oxygen atoms in total. The molecule has 0 aliphatic heterocycles. The molecule has 2 N–H and O–H groups in total. The molecule has 30 heavy (non-hydrogen) atoms. The van der Waals surface area contributed by atoms with Gasteiger partial charge in [-0.05, 0) is 70.2 Å². The monoisotopic (exact) mass is 419 g/mol. The fourth-order valence-corrected chi connectivity index (χ4v) is 3.38. The van der Waals surface area contributed by atoms with E-state index < -0.39 is 0 Å². The number of benzene rings is 1. The number of ether oxygens (including phenoxy) is 1. The van der Waals surface area contributed by atoms with Gasteiger partial charge in [0.05, 0.1) is 0 Å². The molecule has 0 fully saturated rings. The Hall–Kier alpha value is -1.79. The Morgan fingerprint density at radius 3 is 2.13 bits per heavy atom. The van der Waals surface area contributed by atoms with Gasteiger partial charge in [0, 0.05) is 26.2 Å². The minimum atomic E-state index is 0.397. The van der Waals surface area contributed by atoms with E-state index in [1.54, 1.807) is 0 Å². The first kappa shape index (κ1) is 26.2. The normalized spacial score (nSPS) is 13.0. The molecule has 0 saturated carbocycles. The van der Waals surface area contributed by atoms with Gasteiger partial charge in [-0.3, -0.25) is 4.99 Å². The van der Waals surface area contributed by atoms with Crippen molar-refractivity contribution >= 4 is 5.96 Å². The molecule has 0 saturated heterocycles. The third-order valence-corrected chi connectivity index (χ3v) is 5.57. The SMILES string of the molecule is CCN(CC)CCCC(C)NC(=NC)NCc1ccc(OCCN(CC)CC)cc1. The van der Waals surface area contributed by atoms with Crippen LogP contribution in [0.4, 0.5) is 0 Å². The molecule has 1 unspecified atom stereocenters. The number of nitrogens with one attached hydrogen (secondary N) is 2. The van der Waals surface area contributed by atoms with Crippen molar-refractivity contribution in [1.29, 1.82) is 0 Å². The molecule has 6 heteroatoms. The van der Waals surface area contributed by atoms with Gasteiger partial charge in [-0.2, -0.15) is 0 Å². The van der Waals surface area contributed by atoms with Crippen molar-refractivity contribution in [2.45, 2.75) is 60.0 Å². The summed E-state index contributed by atoms with van der Waals surface area (Å²) in [6.07, 6.45) is 2.33. The van der Waals surface area contributed by atoms with E-state index in [1.807, 2.05) is 19.2 Å². The molecule has 0 bridgehead atoms. The maximum Gasteiger partial charge on any atom is 0.191 e. The van der Waals surface area contributed by atoms with E-state index >= 15 is 0 Å². The summed E-state index contributed by atoms with van der Waals surface area (Å²) in [6, 6.07) is 8.71. The number of hydrogen-bond donors (Lipinski definition) is 2. The average molecular weight is 420 g/mol. The minimum absolute atomic E-state index is 0.397. The van der Waals surface area contributed by atoms with Crippen LogP contribution in [0.15, 0.2) is 29.3 Å². The second-order valence-electron chi connectivity index (χ2n) is 7.66. The number of rotatable bonds is 15. The van der Waals surface area contributed by atoms with E-state index in [2.05, 4.69) is 72.2 Å². The van der Waals surface area contributed by atoms with Crippen molar-refractivity contribution in [1.82, 2.24) is 20.4 Å². The first-order valence-electron chi connectivity index (χ1n) is 11.7. The molecular weight excluding hydrogens is 374 g/mol. The molecule has 1 rings (SSSR count). The molecule has 0 radical (unpaired) electrons. The Labute approximate surface area is 185 Å². The van der Waals surface area contributed by atoms with Crippen molar-refractivity contribution in [2.75, 3.05) is 52.9 Å². The first-order valence-corrected chi connectivity index (χ1v) is 11.7. The number of nitrogens with zero attached hydrogens (tertiary/aromatic N) is 3. The molecule has 1 atom stereocenters. The standard InChI is InChI=1S/C24H45N5O/c1-7-28(8-2)17-11-12-21(5)27-24(25-6)26-20-22-13-15-23(16-14-22)30-19-18-29(9-3)10-4/h13-16,21H,7-12,17-20H2,1-6H3,(H2,25,26,27). The zero-order chi connectivity index (χ0) is 22.2. The highest BCUT2D eigenvalue weighted by molar-refractivity contribution is 5.79. The minimum Gasteiger partial charge on any atom is -0.492 e. The van der Waals surface area contributed by atoms with E-state index in [4.69, 9.17) is 4.74 Å². The lowest BCUT2D eigenvalue weighted by molar-refractivity contribution is 0.223. The summed E-state index contributed by atoms with van der Waals surface area (Å²) < 4.78 is 5.86. The largest absolute Gasteiger partial charge is 0.492 e. The highest BCUT2D eigenvalue weighted by atomic mass is 16.5. The first-order chi connectivity index (χ1) is 14.6. The smallest absolute Gasteiger partial charge is 0.191 e. The van der Waals surface area contributed by atoms with Crippen molar-refractivity contribution < 1.29 is 4.74 Å². The van der Waals surface area contributed by atoms with Gasteiger partial charge in [0.2, 0.25) is 0 Å². The molecule has 0 aliphatic carbocycles. The quantitative estimate of drug-likeness (QED) is 0.336.